The zero-order valence-electron chi connectivity index (χ0n) is 12.5. The van der Waals surface area contributed by atoms with E-state index in [0.717, 1.165) is 35.3 Å². The van der Waals surface area contributed by atoms with Crippen molar-refractivity contribution in [2.24, 2.45) is 0 Å². The second-order valence-electron chi connectivity index (χ2n) is 5.32. The van der Waals surface area contributed by atoms with Crippen molar-refractivity contribution in [3.8, 4) is 0 Å². The number of hydrogen-bond donors (Lipinski definition) is 0. The summed E-state index contributed by atoms with van der Waals surface area (Å²) in [4.78, 5) is 8.31. The zero-order valence-corrected chi connectivity index (χ0v) is 14.1. The first-order valence-electron chi connectivity index (χ1n) is 7.16. The van der Waals surface area contributed by atoms with Gasteiger partial charge < -0.3 is 4.40 Å². The predicted molar refractivity (Wildman–Crippen MR) is 93.6 cm³/mol. The number of nitrogens with zero attached hydrogens (tertiary/aromatic N) is 3. The van der Waals surface area contributed by atoms with Crippen molar-refractivity contribution in [2.75, 3.05) is 6.54 Å². The van der Waals surface area contributed by atoms with Gasteiger partial charge in [0.1, 0.15) is 5.65 Å². The Morgan fingerprint density at radius 2 is 2.23 bits per heavy atom. The minimum atomic E-state index is 0.794. The third kappa shape index (κ3) is 3.40. The lowest BCUT2D eigenvalue weighted by Crippen LogP contribution is -2.22. The maximum atomic E-state index is 6.02. The SMILES string of the molecule is C=CCN(Cc1cn2cccc(C)c2n1)Cc1ccc(Cl)s1. The molecule has 0 aliphatic carbocycles. The molecule has 0 spiro atoms. The average Bonchev–Trinajstić information content (AvgIpc) is 3.06. The van der Waals surface area contributed by atoms with Gasteiger partial charge in [-0.25, -0.2) is 4.98 Å². The van der Waals surface area contributed by atoms with Gasteiger partial charge in [-0.15, -0.1) is 17.9 Å². The Labute approximate surface area is 139 Å². The molecule has 0 radical (unpaired) electrons. The number of aromatic nitrogens is 2. The van der Waals surface area contributed by atoms with Gasteiger partial charge in [0.2, 0.25) is 0 Å². The minimum Gasteiger partial charge on any atom is -0.307 e. The van der Waals surface area contributed by atoms with E-state index < -0.39 is 0 Å². The van der Waals surface area contributed by atoms with Crippen LogP contribution in [-0.4, -0.2) is 20.8 Å². The van der Waals surface area contributed by atoms with E-state index in [1.54, 1.807) is 11.3 Å². The molecular formula is C17H18ClN3S. The van der Waals surface area contributed by atoms with E-state index in [1.807, 2.05) is 24.4 Å². The van der Waals surface area contributed by atoms with Crippen molar-refractivity contribution in [3.63, 3.8) is 0 Å². The molecule has 0 saturated heterocycles. The smallest absolute Gasteiger partial charge is 0.139 e. The summed E-state index contributed by atoms with van der Waals surface area (Å²) in [5, 5.41) is 0. The Kier molecular flexibility index (Phi) is 4.62. The number of imidazole rings is 1. The quantitative estimate of drug-likeness (QED) is 0.618. The van der Waals surface area contributed by atoms with Gasteiger partial charge in [-0.1, -0.05) is 23.7 Å². The summed E-state index contributed by atoms with van der Waals surface area (Å²) in [6, 6.07) is 8.16. The van der Waals surface area contributed by atoms with Gasteiger partial charge in [0, 0.05) is 36.9 Å². The molecule has 22 heavy (non-hydrogen) atoms. The number of aryl methyl sites for hydroxylation is 1. The summed E-state index contributed by atoms with van der Waals surface area (Å²) in [5.74, 6) is 0. The van der Waals surface area contributed by atoms with Gasteiger partial charge in [-0.3, -0.25) is 4.90 Å². The molecule has 0 aliphatic heterocycles. The summed E-state index contributed by atoms with van der Waals surface area (Å²) in [7, 11) is 0. The van der Waals surface area contributed by atoms with E-state index in [0.29, 0.717) is 0 Å². The fourth-order valence-electron chi connectivity index (χ4n) is 2.53. The van der Waals surface area contributed by atoms with Crippen LogP contribution >= 0.6 is 22.9 Å². The molecule has 0 unspecified atom stereocenters. The third-order valence-corrected chi connectivity index (χ3v) is 4.72. The molecule has 3 rings (SSSR count). The molecule has 3 aromatic rings. The van der Waals surface area contributed by atoms with E-state index in [4.69, 9.17) is 16.6 Å². The molecule has 0 amide bonds. The average molecular weight is 332 g/mol. The van der Waals surface area contributed by atoms with Crippen molar-refractivity contribution >= 4 is 28.6 Å². The standard InChI is InChI=1S/C17H18ClN3S/c1-3-8-20(12-15-6-7-16(18)22-15)10-14-11-21-9-4-5-13(2)17(21)19-14/h3-7,9,11H,1,8,10,12H2,2H3. The van der Waals surface area contributed by atoms with Gasteiger partial charge in [-0.05, 0) is 30.7 Å². The normalized spacial score (nSPS) is 11.4. The summed E-state index contributed by atoms with van der Waals surface area (Å²) >= 11 is 7.64. The fraction of sp³-hybridized carbons (Fsp3) is 0.235. The van der Waals surface area contributed by atoms with Crippen molar-refractivity contribution in [1.82, 2.24) is 14.3 Å². The van der Waals surface area contributed by atoms with Crippen LogP contribution < -0.4 is 0 Å². The Morgan fingerprint density at radius 3 is 2.91 bits per heavy atom. The maximum Gasteiger partial charge on any atom is 0.139 e. The minimum absolute atomic E-state index is 0.794. The van der Waals surface area contributed by atoms with Crippen LogP contribution in [0.2, 0.25) is 4.34 Å². The third-order valence-electron chi connectivity index (χ3n) is 3.51. The molecule has 0 saturated carbocycles. The van der Waals surface area contributed by atoms with Crippen LogP contribution in [0.1, 0.15) is 16.1 Å². The number of thiophene rings is 1. The van der Waals surface area contributed by atoms with Crippen LogP contribution in [0.15, 0.2) is 49.3 Å². The van der Waals surface area contributed by atoms with Crippen LogP contribution in [0.25, 0.3) is 5.65 Å². The van der Waals surface area contributed by atoms with Gasteiger partial charge in [0.25, 0.3) is 0 Å². The van der Waals surface area contributed by atoms with E-state index in [-0.39, 0.29) is 0 Å². The summed E-state index contributed by atoms with van der Waals surface area (Å²) in [6.45, 7) is 8.41. The number of halogens is 1. The highest BCUT2D eigenvalue weighted by molar-refractivity contribution is 7.16. The first kappa shape index (κ1) is 15.3. The molecule has 0 N–H and O–H groups in total. The first-order valence-corrected chi connectivity index (χ1v) is 8.36. The topological polar surface area (TPSA) is 20.5 Å². The van der Waals surface area contributed by atoms with E-state index >= 15 is 0 Å². The van der Waals surface area contributed by atoms with Crippen molar-refractivity contribution in [2.45, 2.75) is 20.0 Å². The molecule has 0 bridgehead atoms. The van der Waals surface area contributed by atoms with Crippen LogP contribution in [-0.2, 0) is 13.1 Å². The van der Waals surface area contributed by atoms with E-state index in [9.17, 15) is 0 Å². The second-order valence-corrected chi connectivity index (χ2v) is 7.12. The second kappa shape index (κ2) is 6.65. The van der Waals surface area contributed by atoms with Gasteiger partial charge >= 0.3 is 0 Å². The van der Waals surface area contributed by atoms with Crippen LogP contribution in [0, 0.1) is 6.92 Å². The molecule has 0 fully saturated rings. The van der Waals surface area contributed by atoms with Crippen molar-refractivity contribution < 1.29 is 0 Å². The first-order chi connectivity index (χ1) is 10.7. The number of pyridine rings is 1. The number of rotatable bonds is 6. The Bertz CT molecular complexity index is 790. The molecule has 0 aliphatic rings. The van der Waals surface area contributed by atoms with Crippen LogP contribution in [0.5, 0.6) is 0 Å². The van der Waals surface area contributed by atoms with Gasteiger partial charge in [0.15, 0.2) is 0 Å². The molecule has 3 nitrogen and oxygen atoms in total. The van der Waals surface area contributed by atoms with Gasteiger partial charge in [0.05, 0.1) is 10.0 Å². The molecule has 3 heterocycles. The van der Waals surface area contributed by atoms with Gasteiger partial charge in [-0.2, -0.15) is 0 Å². The maximum absolute atomic E-state index is 6.02. The van der Waals surface area contributed by atoms with E-state index in [2.05, 4.69) is 41.1 Å². The van der Waals surface area contributed by atoms with E-state index in [1.165, 1.54) is 10.4 Å². The molecule has 0 aromatic carbocycles. The Hall–Kier alpha value is -1.62. The lowest BCUT2D eigenvalue weighted by Gasteiger charge is -2.18. The lowest BCUT2D eigenvalue weighted by molar-refractivity contribution is 0.286. The number of fused-ring (bicyclic) bond motifs is 1. The molecule has 114 valence electrons. The molecule has 0 atom stereocenters. The zero-order chi connectivity index (χ0) is 15.5. The van der Waals surface area contributed by atoms with Crippen molar-refractivity contribution in [1.29, 1.82) is 0 Å². The highest BCUT2D eigenvalue weighted by Gasteiger charge is 2.11. The lowest BCUT2D eigenvalue weighted by atomic mass is 10.3. The molecular weight excluding hydrogens is 314 g/mol. The summed E-state index contributed by atoms with van der Waals surface area (Å²) < 4.78 is 2.91. The van der Waals surface area contributed by atoms with Crippen molar-refractivity contribution in [3.05, 3.63) is 69.8 Å². The molecule has 3 aromatic heterocycles. The molecule has 5 heteroatoms. The highest BCUT2D eigenvalue weighted by Crippen LogP contribution is 2.23. The predicted octanol–water partition coefficient (Wildman–Crippen LogP) is 4.55. The summed E-state index contributed by atoms with van der Waals surface area (Å²) in [6.07, 6.45) is 6.06. The summed E-state index contributed by atoms with van der Waals surface area (Å²) in [5.41, 5.74) is 3.28. The van der Waals surface area contributed by atoms with Crippen LogP contribution in [0.4, 0.5) is 0 Å². The largest absolute Gasteiger partial charge is 0.307 e. The monoisotopic (exact) mass is 331 g/mol. The van der Waals surface area contributed by atoms with Crippen LogP contribution in [0.3, 0.4) is 0 Å². The fourth-order valence-corrected chi connectivity index (χ4v) is 3.66. The Morgan fingerprint density at radius 1 is 1.36 bits per heavy atom. The number of hydrogen-bond acceptors (Lipinski definition) is 3. The Balaban J connectivity index is 1.79. The highest BCUT2D eigenvalue weighted by atomic mass is 35.5.